The summed E-state index contributed by atoms with van der Waals surface area (Å²) < 4.78 is 61.5. The van der Waals surface area contributed by atoms with Crippen molar-refractivity contribution in [3.63, 3.8) is 0 Å². The maximum absolute atomic E-state index is 12.7. The lowest BCUT2D eigenvalue weighted by Crippen LogP contribution is -2.51. The zero-order valence-electron chi connectivity index (χ0n) is 16.2. The van der Waals surface area contributed by atoms with Crippen molar-refractivity contribution >= 4 is 51.7 Å². The van der Waals surface area contributed by atoms with Gasteiger partial charge in [-0.3, -0.25) is 0 Å². The van der Waals surface area contributed by atoms with Crippen LogP contribution in [0.5, 0.6) is 0 Å². The van der Waals surface area contributed by atoms with Crippen LogP contribution in [0.1, 0.15) is 25.3 Å². The highest BCUT2D eigenvalue weighted by molar-refractivity contribution is 14.0. The average Bonchev–Trinajstić information content (AvgIpc) is 2.66. The summed E-state index contributed by atoms with van der Waals surface area (Å²) in [6.07, 6.45) is 2.57. The fraction of sp³-hybridized carbons (Fsp3) is 0.588. The molecule has 166 valence electrons. The molecule has 1 aromatic rings. The SMILES string of the molecule is CCNC(=NCc1ccc(SC)cc1)NC1CCN(S(=O)(=O)C(F)(F)F)CC1.I. The number of guanidine groups is 1. The van der Waals surface area contributed by atoms with E-state index in [1.807, 2.05) is 37.4 Å². The number of piperidine rings is 1. The van der Waals surface area contributed by atoms with Crippen molar-refractivity contribution < 1.29 is 21.6 Å². The van der Waals surface area contributed by atoms with Crippen LogP contribution in [0.2, 0.25) is 0 Å². The second kappa shape index (κ2) is 11.6. The Morgan fingerprint density at radius 3 is 2.31 bits per heavy atom. The van der Waals surface area contributed by atoms with E-state index in [9.17, 15) is 21.6 Å². The Morgan fingerprint density at radius 2 is 1.83 bits per heavy atom. The molecule has 1 aromatic carbocycles. The van der Waals surface area contributed by atoms with E-state index in [1.54, 1.807) is 11.8 Å². The molecule has 1 aliphatic heterocycles. The van der Waals surface area contributed by atoms with Gasteiger partial charge in [0.1, 0.15) is 0 Å². The van der Waals surface area contributed by atoms with Gasteiger partial charge < -0.3 is 10.6 Å². The Kier molecular flexibility index (Phi) is 10.5. The van der Waals surface area contributed by atoms with Gasteiger partial charge in [0.15, 0.2) is 5.96 Å². The molecule has 0 bridgehead atoms. The third-order valence-corrected chi connectivity index (χ3v) is 6.72. The molecule has 29 heavy (non-hydrogen) atoms. The van der Waals surface area contributed by atoms with Crippen LogP contribution in [0.4, 0.5) is 13.2 Å². The van der Waals surface area contributed by atoms with Gasteiger partial charge in [-0.25, -0.2) is 13.4 Å². The van der Waals surface area contributed by atoms with Crippen LogP contribution in [0.3, 0.4) is 0 Å². The van der Waals surface area contributed by atoms with Crippen LogP contribution in [0, 0.1) is 0 Å². The van der Waals surface area contributed by atoms with Gasteiger partial charge in [-0.15, -0.1) is 35.7 Å². The molecule has 2 rings (SSSR count). The van der Waals surface area contributed by atoms with Crippen LogP contribution in [0.25, 0.3) is 0 Å². The fourth-order valence-corrected chi connectivity index (χ4v) is 4.19. The molecule has 0 saturated carbocycles. The molecule has 0 spiro atoms. The summed E-state index contributed by atoms with van der Waals surface area (Å²) in [7, 11) is -5.26. The minimum Gasteiger partial charge on any atom is -0.357 e. The Balaban J connectivity index is 0.00000420. The number of benzene rings is 1. The van der Waals surface area contributed by atoms with Gasteiger partial charge in [0.25, 0.3) is 0 Å². The zero-order chi connectivity index (χ0) is 20.8. The van der Waals surface area contributed by atoms with Gasteiger partial charge in [-0.2, -0.15) is 17.5 Å². The van der Waals surface area contributed by atoms with E-state index < -0.39 is 15.5 Å². The maximum atomic E-state index is 12.7. The normalized spacial score (nSPS) is 16.9. The standard InChI is InChI=1S/C17H25F3N4O2S2.HI/c1-3-21-16(22-12-13-4-6-15(27-2)7-5-13)23-14-8-10-24(11-9-14)28(25,26)17(18,19)20;/h4-7,14H,3,8-12H2,1-2H3,(H2,21,22,23);1H. The summed E-state index contributed by atoms with van der Waals surface area (Å²) in [6, 6.07) is 7.90. The summed E-state index contributed by atoms with van der Waals surface area (Å²) in [5, 5.41) is 6.30. The third kappa shape index (κ3) is 7.47. The lowest BCUT2D eigenvalue weighted by molar-refractivity contribution is -0.0494. The second-order valence-corrected chi connectivity index (χ2v) is 9.12. The van der Waals surface area contributed by atoms with Crippen LogP contribution < -0.4 is 10.6 Å². The van der Waals surface area contributed by atoms with Gasteiger partial charge in [-0.1, -0.05) is 12.1 Å². The number of alkyl halides is 3. The summed E-state index contributed by atoms with van der Waals surface area (Å²) in [5.41, 5.74) is -4.21. The monoisotopic (exact) mass is 566 g/mol. The quantitative estimate of drug-likeness (QED) is 0.239. The predicted molar refractivity (Wildman–Crippen MR) is 121 cm³/mol. The minimum absolute atomic E-state index is 0. The van der Waals surface area contributed by atoms with Crippen LogP contribution in [-0.2, 0) is 16.6 Å². The van der Waals surface area contributed by atoms with Gasteiger partial charge in [-0.05, 0) is 43.7 Å². The highest BCUT2D eigenvalue weighted by Gasteiger charge is 2.50. The van der Waals surface area contributed by atoms with Gasteiger partial charge in [0.2, 0.25) is 0 Å². The van der Waals surface area contributed by atoms with Crippen molar-refractivity contribution in [3.8, 4) is 0 Å². The van der Waals surface area contributed by atoms with E-state index in [0.717, 1.165) is 5.56 Å². The van der Waals surface area contributed by atoms with Crippen molar-refractivity contribution in [2.75, 3.05) is 25.9 Å². The Morgan fingerprint density at radius 1 is 1.24 bits per heavy atom. The summed E-state index contributed by atoms with van der Waals surface area (Å²) in [4.78, 5) is 5.68. The van der Waals surface area contributed by atoms with Crippen molar-refractivity contribution in [1.29, 1.82) is 0 Å². The van der Waals surface area contributed by atoms with E-state index in [1.165, 1.54) is 4.90 Å². The highest BCUT2D eigenvalue weighted by atomic mass is 127. The molecule has 0 aromatic heterocycles. The highest BCUT2D eigenvalue weighted by Crippen LogP contribution is 2.28. The number of rotatable bonds is 6. The van der Waals surface area contributed by atoms with Gasteiger partial charge in [0.05, 0.1) is 6.54 Å². The zero-order valence-corrected chi connectivity index (χ0v) is 20.2. The number of thioether (sulfide) groups is 1. The first-order valence-electron chi connectivity index (χ1n) is 8.91. The van der Waals surface area contributed by atoms with E-state index in [-0.39, 0.29) is 55.9 Å². The number of halogens is 4. The van der Waals surface area contributed by atoms with Crippen molar-refractivity contribution in [3.05, 3.63) is 29.8 Å². The van der Waals surface area contributed by atoms with Crippen LogP contribution in [-0.4, -0.2) is 56.1 Å². The molecule has 1 aliphatic rings. The number of aliphatic imine (C=N–C) groups is 1. The molecule has 6 nitrogen and oxygen atoms in total. The first-order chi connectivity index (χ1) is 13.2. The molecule has 0 unspecified atom stereocenters. The summed E-state index contributed by atoms with van der Waals surface area (Å²) in [6.45, 7) is 2.68. The summed E-state index contributed by atoms with van der Waals surface area (Å²) >= 11 is 1.66. The Labute approximate surface area is 191 Å². The van der Waals surface area contributed by atoms with E-state index in [0.29, 0.717) is 23.4 Å². The Bertz CT molecular complexity index is 766. The number of sulfonamides is 1. The Hall–Kier alpha value is -0.730. The van der Waals surface area contributed by atoms with Crippen LogP contribution >= 0.6 is 35.7 Å². The molecule has 1 fully saturated rings. The average molecular weight is 566 g/mol. The van der Waals surface area contributed by atoms with Crippen LogP contribution in [0.15, 0.2) is 34.2 Å². The van der Waals surface area contributed by atoms with Crippen molar-refractivity contribution in [2.45, 2.75) is 42.8 Å². The molecule has 0 radical (unpaired) electrons. The van der Waals surface area contributed by atoms with Gasteiger partial charge >= 0.3 is 15.5 Å². The minimum atomic E-state index is -5.26. The molecule has 1 heterocycles. The molecule has 0 amide bonds. The molecular formula is C17H26F3IN4O2S2. The first kappa shape index (κ1) is 26.3. The summed E-state index contributed by atoms with van der Waals surface area (Å²) in [5.74, 6) is 0.563. The second-order valence-electron chi connectivity index (χ2n) is 6.31. The maximum Gasteiger partial charge on any atom is 0.511 e. The smallest absolute Gasteiger partial charge is 0.357 e. The van der Waals surface area contributed by atoms with Gasteiger partial charge in [0, 0.05) is 30.6 Å². The lowest BCUT2D eigenvalue weighted by Gasteiger charge is -2.32. The molecule has 0 atom stereocenters. The molecule has 0 aliphatic carbocycles. The molecule has 1 saturated heterocycles. The third-order valence-electron chi connectivity index (χ3n) is 4.35. The number of hydrogen-bond acceptors (Lipinski definition) is 4. The van der Waals surface area contributed by atoms with Crippen molar-refractivity contribution in [2.24, 2.45) is 4.99 Å². The molecule has 2 N–H and O–H groups in total. The van der Waals surface area contributed by atoms with E-state index >= 15 is 0 Å². The topological polar surface area (TPSA) is 73.8 Å². The fourth-order valence-electron chi connectivity index (χ4n) is 2.80. The number of nitrogens with one attached hydrogen (secondary N) is 2. The largest absolute Gasteiger partial charge is 0.511 e. The van der Waals surface area contributed by atoms with E-state index in [2.05, 4.69) is 15.6 Å². The van der Waals surface area contributed by atoms with Crippen molar-refractivity contribution in [1.82, 2.24) is 14.9 Å². The molecule has 12 heteroatoms. The predicted octanol–water partition coefficient (Wildman–Crippen LogP) is 3.40. The lowest BCUT2D eigenvalue weighted by atomic mass is 10.1. The van der Waals surface area contributed by atoms with E-state index in [4.69, 9.17) is 0 Å². The first-order valence-corrected chi connectivity index (χ1v) is 11.6. The number of nitrogens with zero attached hydrogens (tertiary/aromatic N) is 2. The number of hydrogen-bond donors (Lipinski definition) is 2. The molecular weight excluding hydrogens is 540 g/mol.